The Morgan fingerprint density at radius 3 is 2.42 bits per heavy atom. The number of carbonyl (C=O) groups is 2. The first kappa shape index (κ1) is 16.9. The minimum atomic E-state index is -0.497. The van der Waals surface area contributed by atoms with Crippen molar-refractivity contribution >= 4 is 11.8 Å². The molecule has 0 atom stereocenters. The van der Waals surface area contributed by atoms with E-state index in [4.69, 9.17) is 0 Å². The van der Waals surface area contributed by atoms with Crippen LogP contribution in [0.15, 0.2) is 24.3 Å². The van der Waals surface area contributed by atoms with Gasteiger partial charge in [-0.1, -0.05) is 12.1 Å². The van der Waals surface area contributed by atoms with E-state index in [1.807, 2.05) is 4.90 Å². The maximum absolute atomic E-state index is 13.6. The smallest absolute Gasteiger partial charge is 0.254 e. The number of halogens is 1. The molecule has 0 saturated carbocycles. The minimum Gasteiger partial charge on any atom is -0.349 e. The number of hydrogen-bond donors (Lipinski definition) is 1. The van der Waals surface area contributed by atoms with E-state index in [-0.39, 0.29) is 23.4 Å². The minimum absolute atomic E-state index is 0.0373. The van der Waals surface area contributed by atoms with E-state index < -0.39 is 5.82 Å². The summed E-state index contributed by atoms with van der Waals surface area (Å²) >= 11 is 0. The van der Waals surface area contributed by atoms with Gasteiger partial charge < -0.3 is 10.2 Å². The molecule has 0 aliphatic carbocycles. The lowest BCUT2D eigenvalue weighted by atomic mass is 10.0. The monoisotopic (exact) mass is 333 g/mol. The van der Waals surface area contributed by atoms with Gasteiger partial charge >= 0.3 is 0 Å². The van der Waals surface area contributed by atoms with Gasteiger partial charge in [-0.15, -0.1) is 0 Å². The first-order valence-electron chi connectivity index (χ1n) is 8.69. The van der Waals surface area contributed by atoms with E-state index in [1.54, 1.807) is 12.1 Å². The summed E-state index contributed by atoms with van der Waals surface area (Å²) < 4.78 is 13.6. The van der Waals surface area contributed by atoms with Crippen molar-refractivity contribution in [3.05, 3.63) is 35.6 Å². The SMILES string of the molecule is O=C(NC1CCN(CC(=O)N2CCCC2)CC1)c1ccccc1F. The average Bonchev–Trinajstić information content (AvgIpc) is 3.11. The molecule has 2 fully saturated rings. The zero-order chi connectivity index (χ0) is 16.9. The maximum atomic E-state index is 13.6. The normalized spacial score (nSPS) is 19.5. The van der Waals surface area contributed by atoms with Gasteiger partial charge in [-0.3, -0.25) is 14.5 Å². The fourth-order valence-electron chi connectivity index (χ4n) is 3.40. The van der Waals surface area contributed by atoms with Crippen LogP contribution in [0.2, 0.25) is 0 Å². The summed E-state index contributed by atoms with van der Waals surface area (Å²) in [4.78, 5) is 28.4. The number of benzene rings is 1. The highest BCUT2D eigenvalue weighted by Gasteiger charge is 2.25. The van der Waals surface area contributed by atoms with Gasteiger partial charge in [0.15, 0.2) is 0 Å². The van der Waals surface area contributed by atoms with Crippen LogP contribution in [0.3, 0.4) is 0 Å². The van der Waals surface area contributed by atoms with Crippen LogP contribution in [-0.2, 0) is 4.79 Å². The van der Waals surface area contributed by atoms with Crippen molar-refractivity contribution in [2.75, 3.05) is 32.7 Å². The van der Waals surface area contributed by atoms with E-state index in [0.29, 0.717) is 6.54 Å². The Balaban J connectivity index is 1.44. The Morgan fingerprint density at radius 2 is 1.75 bits per heavy atom. The third-order valence-electron chi connectivity index (χ3n) is 4.86. The largest absolute Gasteiger partial charge is 0.349 e. The van der Waals surface area contributed by atoms with Crippen LogP contribution in [0.5, 0.6) is 0 Å². The number of rotatable bonds is 4. The Bertz CT molecular complexity index is 594. The molecule has 24 heavy (non-hydrogen) atoms. The second kappa shape index (κ2) is 7.75. The van der Waals surface area contributed by atoms with E-state index in [0.717, 1.165) is 51.9 Å². The first-order chi connectivity index (χ1) is 11.6. The molecule has 5 nitrogen and oxygen atoms in total. The second-order valence-corrected chi connectivity index (χ2v) is 6.59. The highest BCUT2D eigenvalue weighted by atomic mass is 19.1. The first-order valence-corrected chi connectivity index (χ1v) is 8.69. The molecular formula is C18H24FN3O2. The predicted molar refractivity (Wildman–Crippen MR) is 89.1 cm³/mol. The van der Waals surface area contributed by atoms with Crippen LogP contribution in [0, 0.1) is 5.82 Å². The summed E-state index contributed by atoms with van der Waals surface area (Å²) in [6.07, 6.45) is 3.78. The summed E-state index contributed by atoms with van der Waals surface area (Å²) in [5.74, 6) is -0.648. The number of carbonyl (C=O) groups excluding carboxylic acids is 2. The molecule has 6 heteroatoms. The topological polar surface area (TPSA) is 52.7 Å². The summed E-state index contributed by atoms with van der Waals surface area (Å²) in [5.41, 5.74) is 0.0872. The lowest BCUT2D eigenvalue weighted by Crippen LogP contribution is -2.47. The zero-order valence-electron chi connectivity index (χ0n) is 13.8. The molecule has 2 amide bonds. The van der Waals surface area contributed by atoms with Crippen molar-refractivity contribution in [3.63, 3.8) is 0 Å². The Kier molecular flexibility index (Phi) is 5.45. The van der Waals surface area contributed by atoms with Gasteiger partial charge in [0.25, 0.3) is 5.91 Å². The van der Waals surface area contributed by atoms with Gasteiger partial charge in [0.05, 0.1) is 12.1 Å². The van der Waals surface area contributed by atoms with Crippen LogP contribution >= 0.6 is 0 Å². The van der Waals surface area contributed by atoms with Crippen molar-refractivity contribution in [2.24, 2.45) is 0 Å². The van der Waals surface area contributed by atoms with Crippen LogP contribution in [0.4, 0.5) is 4.39 Å². The summed E-state index contributed by atoms with van der Waals surface area (Å²) in [6.45, 7) is 3.79. The van der Waals surface area contributed by atoms with Crippen LogP contribution in [0.1, 0.15) is 36.0 Å². The fourth-order valence-corrected chi connectivity index (χ4v) is 3.40. The highest BCUT2D eigenvalue weighted by Crippen LogP contribution is 2.14. The number of amides is 2. The third kappa shape index (κ3) is 4.12. The van der Waals surface area contributed by atoms with Crippen molar-refractivity contribution < 1.29 is 14.0 Å². The van der Waals surface area contributed by atoms with Crippen LogP contribution in [-0.4, -0.2) is 60.4 Å². The van der Waals surface area contributed by atoms with Crippen molar-refractivity contribution in [1.82, 2.24) is 15.1 Å². The maximum Gasteiger partial charge on any atom is 0.254 e. The van der Waals surface area contributed by atoms with Crippen molar-refractivity contribution in [1.29, 1.82) is 0 Å². The van der Waals surface area contributed by atoms with Gasteiger partial charge in [-0.05, 0) is 37.8 Å². The number of nitrogens with one attached hydrogen (secondary N) is 1. The lowest BCUT2D eigenvalue weighted by molar-refractivity contribution is -0.131. The summed E-state index contributed by atoms with van der Waals surface area (Å²) in [6, 6.07) is 6.05. The van der Waals surface area contributed by atoms with Crippen LogP contribution < -0.4 is 5.32 Å². The molecule has 2 aliphatic rings. The molecule has 1 aromatic rings. The van der Waals surface area contributed by atoms with E-state index in [9.17, 15) is 14.0 Å². The molecule has 0 spiro atoms. The van der Waals surface area contributed by atoms with Crippen LogP contribution in [0.25, 0.3) is 0 Å². The molecule has 2 saturated heterocycles. The third-order valence-corrected chi connectivity index (χ3v) is 4.86. The Labute approximate surface area is 141 Å². The Hall–Kier alpha value is -1.95. The molecule has 3 rings (SSSR count). The molecule has 130 valence electrons. The summed E-state index contributed by atoms with van der Waals surface area (Å²) in [7, 11) is 0. The quantitative estimate of drug-likeness (QED) is 0.911. The fraction of sp³-hybridized carbons (Fsp3) is 0.556. The molecule has 0 bridgehead atoms. The molecule has 1 aromatic carbocycles. The average molecular weight is 333 g/mol. The molecule has 0 unspecified atom stereocenters. The van der Waals surface area contributed by atoms with Gasteiger partial charge in [-0.25, -0.2) is 4.39 Å². The molecule has 1 N–H and O–H groups in total. The zero-order valence-corrected chi connectivity index (χ0v) is 13.8. The number of likely N-dealkylation sites (tertiary alicyclic amines) is 2. The lowest BCUT2D eigenvalue weighted by Gasteiger charge is -2.32. The summed E-state index contributed by atoms with van der Waals surface area (Å²) in [5, 5.41) is 2.90. The van der Waals surface area contributed by atoms with Gasteiger partial charge in [0.1, 0.15) is 5.82 Å². The number of piperidine rings is 1. The van der Waals surface area contributed by atoms with Crippen molar-refractivity contribution in [3.8, 4) is 0 Å². The van der Waals surface area contributed by atoms with E-state index in [2.05, 4.69) is 10.2 Å². The van der Waals surface area contributed by atoms with E-state index >= 15 is 0 Å². The number of nitrogens with zero attached hydrogens (tertiary/aromatic N) is 2. The molecule has 0 aromatic heterocycles. The number of hydrogen-bond acceptors (Lipinski definition) is 3. The Morgan fingerprint density at radius 1 is 1.08 bits per heavy atom. The highest BCUT2D eigenvalue weighted by molar-refractivity contribution is 5.94. The van der Waals surface area contributed by atoms with Gasteiger partial charge in [0.2, 0.25) is 5.91 Å². The van der Waals surface area contributed by atoms with Gasteiger partial charge in [-0.2, -0.15) is 0 Å². The standard InChI is InChI=1S/C18H24FN3O2/c19-16-6-2-1-5-15(16)18(24)20-14-7-11-21(12-8-14)13-17(23)22-9-3-4-10-22/h1-2,5-6,14H,3-4,7-13H2,(H,20,24). The predicted octanol–water partition coefficient (Wildman–Crippen LogP) is 1.64. The molecule has 2 heterocycles. The molecular weight excluding hydrogens is 309 g/mol. The molecule has 0 radical (unpaired) electrons. The van der Waals surface area contributed by atoms with Crippen molar-refractivity contribution in [2.45, 2.75) is 31.7 Å². The van der Waals surface area contributed by atoms with Gasteiger partial charge in [0, 0.05) is 32.2 Å². The molecule has 2 aliphatic heterocycles. The second-order valence-electron chi connectivity index (χ2n) is 6.59. The van der Waals surface area contributed by atoms with E-state index in [1.165, 1.54) is 12.1 Å².